The predicted octanol–water partition coefficient (Wildman–Crippen LogP) is -0.624. The van der Waals surface area contributed by atoms with Crippen LogP contribution in [-0.4, -0.2) is 36.9 Å². The molecule has 2 rings (SSSR count). The van der Waals surface area contributed by atoms with E-state index in [1.54, 1.807) is 6.92 Å². The van der Waals surface area contributed by atoms with Gasteiger partial charge in [0.1, 0.15) is 0 Å². The van der Waals surface area contributed by atoms with Crippen molar-refractivity contribution in [2.24, 2.45) is 17.8 Å². The molecule has 1 saturated carbocycles. The van der Waals surface area contributed by atoms with Gasteiger partial charge in [-0.25, -0.2) is 0 Å². The number of fused-ring (bicyclic) bond motifs is 1. The third-order valence-corrected chi connectivity index (χ3v) is 2.83. The van der Waals surface area contributed by atoms with Crippen molar-refractivity contribution in [1.29, 1.82) is 0 Å². The summed E-state index contributed by atoms with van der Waals surface area (Å²) in [5.74, 6) is 1.15. The number of aliphatic hydroxyl groups excluding tert-OH is 1. The summed E-state index contributed by atoms with van der Waals surface area (Å²) in [6.07, 6.45) is -0.459. The minimum Gasteiger partial charge on any atom is -0.392 e. The van der Waals surface area contributed by atoms with E-state index < -0.39 is 6.10 Å². The second kappa shape index (κ2) is 3.27. The van der Waals surface area contributed by atoms with Crippen molar-refractivity contribution in [1.82, 2.24) is 5.32 Å². The molecule has 1 aliphatic heterocycles. The number of rotatable bonds is 3. The fraction of sp³-hybridized carbons (Fsp3) is 0.889. The Morgan fingerprint density at radius 3 is 2.77 bits per heavy atom. The summed E-state index contributed by atoms with van der Waals surface area (Å²) in [6.45, 7) is 3.49. The quantitative estimate of drug-likeness (QED) is 0.616. The fourth-order valence-electron chi connectivity index (χ4n) is 1.99. The molecule has 2 N–H and O–H groups in total. The SMILES string of the molecule is CC(O)CNC(=O)C1C2COCC21. The monoisotopic (exact) mass is 185 g/mol. The van der Waals surface area contributed by atoms with E-state index in [0.29, 0.717) is 18.4 Å². The van der Waals surface area contributed by atoms with Crippen LogP contribution in [0, 0.1) is 17.8 Å². The number of carbonyl (C=O) groups is 1. The summed E-state index contributed by atoms with van der Waals surface area (Å²) in [4.78, 5) is 11.4. The normalized spacial score (nSPS) is 38.2. The fourth-order valence-corrected chi connectivity index (χ4v) is 1.99. The predicted molar refractivity (Wildman–Crippen MR) is 46.0 cm³/mol. The maximum atomic E-state index is 11.4. The molecule has 2 aliphatic rings. The Morgan fingerprint density at radius 1 is 1.62 bits per heavy atom. The van der Waals surface area contributed by atoms with E-state index >= 15 is 0 Å². The number of aliphatic hydroxyl groups is 1. The second-order valence-corrected chi connectivity index (χ2v) is 3.99. The van der Waals surface area contributed by atoms with E-state index in [2.05, 4.69) is 5.32 Å². The number of hydrogen-bond donors (Lipinski definition) is 2. The molecule has 0 spiro atoms. The van der Waals surface area contributed by atoms with Gasteiger partial charge in [-0.2, -0.15) is 0 Å². The Labute approximate surface area is 77.3 Å². The molecule has 0 bridgehead atoms. The first kappa shape index (κ1) is 8.97. The van der Waals surface area contributed by atoms with Crippen molar-refractivity contribution < 1.29 is 14.6 Å². The van der Waals surface area contributed by atoms with Crippen molar-refractivity contribution in [3.8, 4) is 0 Å². The van der Waals surface area contributed by atoms with Gasteiger partial charge in [0, 0.05) is 12.5 Å². The Bertz CT molecular complexity index is 207. The molecule has 1 heterocycles. The smallest absolute Gasteiger partial charge is 0.223 e. The maximum absolute atomic E-state index is 11.4. The minimum absolute atomic E-state index is 0.0826. The topological polar surface area (TPSA) is 58.6 Å². The molecule has 3 atom stereocenters. The van der Waals surface area contributed by atoms with Crippen LogP contribution in [-0.2, 0) is 9.53 Å². The van der Waals surface area contributed by atoms with E-state index in [1.807, 2.05) is 0 Å². The van der Waals surface area contributed by atoms with Gasteiger partial charge in [0.25, 0.3) is 0 Å². The molecular formula is C9H15NO3. The van der Waals surface area contributed by atoms with E-state index in [0.717, 1.165) is 13.2 Å². The molecule has 74 valence electrons. The van der Waals surface area contributed by atoms with Gasteiger partial charge in [-0.05, 0) is 18.8 Å². The lowest BCUT2D eigenvalue weighted by molar-refractivity contribution is -0.124. The Kier molecular flexibility index (Phi) is 2.26. The molecule has 1 aliphatic carbocycles. The van der Waals surface area contributed by atoms with E-state index in [4.69, 9.17) is 9.84 Å². The summed E-state index contributed by atoms with van der Waals surface area (Å²) in [5.41, 5.74) is 0. The number of amides is 1. The van der Waals surface area contributed by atoms with E-state index in [9.17, 15) is 4.79 Å². The van der Waals surface area contributed by atoms with Crippen LogP contribution >= 0.6 is 0 Å². The van der Waals surface area contributed by atoms with Crippen LogP contribution in [0.4, 0.5) is 0 Å². The molecule has 1 saturated heterocycles. The first-order valence-corrected chi connectivity index (χ1v) is 4.73. The number of ether oxygens (including phenoxy) is 1. The molecule has 4 heteroatoms. The molecule has 0 aromatic rings. The van der Waals surface area contributed by atoms with E-state index in [1.165, 1.54) is 0 Å². The summed E-state index contributed by atoms with van der Waals surface area (Å²) >= 11 is 0. The molecule has 0 aromatic heterocycles. The summed E-state index contributed by atoms with van der Waals surface area (Å²) < 4.78 is 5.18. The molecule has 13 heavy (non-hydrogen) atoms. The van der Waals surface area contributed by atoms with Crippen molar-refractivity contribution >= 4 is 5.91 Å². The molecule has 2 fully saturated rings. The third-order valence-electron chi connectivity index (χ3n) is 2.83. The van der Waals surface area contributed by atoms with Gasteiger partial charge in [-0.3, -0.25) is 4.79 Å². The molecule has 4 nitrogen and oxygen atoms in total. The van der Waals surface area contributed by atoms with Crippen LogP contribution < -0.4 is 5.32 Å². The number of nitrogens with one attached hydrogen (secondary N) is 1. The highest BCUT2D eigenvalue weighted by molar-refractivity contribution is 5.82. The summed E-state index contributed by atoms with van der Waals surface area (Å²) in [7, 11) is 0. The average molecular weight is 185 g/mol. The molecule has 0 radical (unpaired) electrons. The zero-order valence-corrected chi connectivity index (χ0v) is 7.69. The van der Waals surface area contributed by atoms with Crippen LogP contribution in [0.1, 0.15) is 6.92 Å². The van der Waals surface area contributed by atoms with Crippen LogP contribution in [0.15, 0.2) is 0 Å². The van der Waals surface area contributed by atoms with Gasteiger partial charge in [-0.15, -0.1) is 0 Å². The summed E-state index contributed by atoms with van der Waals surface area (Å²) in [5, 5.41) is 11.7. The van der Waals surface area contributed by atoms with Crippen molar-refractivity contribution in [3.63, 3.8) is 0 Å². The number of carbonyl (C=O) groups excluding carboxylic acids is 1. The first-order chi connectivity index (χ1) is 6.20. The standard InChI is InChI=1S/C9H15NO3/c1-5(11)2-10-9(12)8-6-3-13-4-7(6)8/h5-8,11H,2-4H2,1H3,(H,10,12). The molecule has 1 amide bonds. The van der Waals surface area contributed by atoms with Crippen molar-refractivity contribution in [2.75, 3.05) is 19.8 Å². The number of hydrogen-bond acceptors (Lipinski definition) is 3. The Balaban J connectivity index is 1.74. The van der Waals surface area contributed by atoms with E-state index in [-0.39, 0.29) is 11.8 Å². The van der Waals surface area contributed by atoms with Gasteiger partial charge in [0.05, 0.1) is 19.3 Å². The maximum Gasteiger partial charge on any atom is 0.223 e. The van der Waals surface area contributed by atoms with Crippen LogP contribution in [0.25, 0.3) is 0 Å². The largest absolute Gasteiger partial charge is 0.392 e. The highest BCUT2D eigenvalue weighted by atomic mass is 16.5. The second-order valence-electron chi connectivity index (χ2n) is 3.99. The molecule has 3 unspecified atom stereocenters. The lowest BCUT2D eigenvalue weighted by Crippen LogP contribution is -2.33. The zero-order chi connectivity index (χ0) is 9.42. The van der Waals surface area contributed by atoms with Crippen LogP contribution in [0.5, 0.6) is 0 Å². The summed E-state index contributed by atoms with van der Waals surface area (Å²) in [6, 6.07) is 0. The van der Waals surface area contributed by atoms with Gasteiger partial charge < -0.3 is 15.2 Å². The average Bonchev–Trinajstić information content (AvgIpc) is 2.56. The van der Waals surface area contributed by atoms with Gasteiger partial charge >= 0.3 is 0 Å². The van der Waals surface area contributed by atoms with Crippen molar-refractivity contribution in [2.45, 2.75) is 13.0 Å². The zero-order valence-electron chi connectivity index (χ0n) is 7.69. The Hall–Kier alpha value is -0.610. The lowest BCUT2D eigenvalue weighted by atomic mass is 10.3. The lowest BCUT2D eigenvalue weighted by Gasteiger charge is -2.08. The van der Waals surface area contributed by atoms with Gasteiger partial charge in [0.15, 0.2) is 0 Å². The molecular weight excluding hydrogens is 170 g/mol. The highest BCUT2D eigenvalue weighted by Crippen LogP contribution is 2.50. The van der Waals surface area contributed by atoms with Gasteiger partial charge in [-0.1, -0.05) is 0 Å². The molecule has 0 aromatic carbocycles. The third kappa shape index (κ3) is 1.69. The minimum atomic E-state index is -0.459. The van der Waals surface area contributed by atoms with Crippen LogP contribution in [0.2, 0.25) is 0 Å². The van der Waals surface area contributed by atoms with Gasteiger partial charge in [0.2, 0.25) is 5.91 Å². The van der Waals surface area contributed by atoms with Crippen molar-refractivity contribution in [3.05, 3.63) is 0 Å². The Morgan fingerprint density at radius 2 is 2.23 bits per heavy atom. The first-order valence-electron chi connectivity index (χ1n) is 4.73. The van der Waals surface area contributed by atoms with Crippen LogP contribution in [0.3, 0.4) is 0 Å². The highest BCUT2D eigenvalue weighted by Gasteiger charge is 2.57.